The van der Waals surface area contributed by atoms with Gasteiger partial charge in [-0.1, -0.05) is 18.2 Å². The number of hydrogen-bond acceptors (Lipinski definition) is 4. The van der Waals surface area contributed by atoms with E-state index in [1.54, 1.807) is 36.4 Å². The zero-order valence-corrected chi connectivity index (χ0v) is 11.4. The summed E-state index contributed by atoms with van der Waals surface area (Å²) < 4.78 is 28.1. The lowest BCUT2D eigenvalue weighted by molar-refractivity contribution is 0.373. The molecule has 0 amide bonds. The average molecular weight is 278 g/mol. The van der Waals surface area contributed by atoms with Gasteiger partial charge in [0.15, 0.2) is 21.3 Å². The molecule has 0 heterocycles. The molecule has 0 spiro atoms. The average Bonchev–Trinajstić information content (AvgIpc) is 2.38. The first-order valence-corrected chi connectivity index (χ1v) is 7.48. The van der Waals surface area contributed by atoms with Crippen LogP contribution in [0.4, 0.5) is 0 Å². The second kappa shape index (κ2) is 4.93. The van der Waals surface area contributed by atoms with E-state index in [1.807, 2.05) is 0 Å². The van der Waals surface area contributed by atoms with E-state index in [0.29, 0.717) is 5.75 Å². The van der Waals surface area contributed by atoms with E-state index in [0.717, 1.165) is 11.1 Å². The molecule has 19 heavy (non-hydrogen) atoms. The summed E-state index contributed by atoms with van der Waals surface area (Å²) in [6.45, 7) is 0. The van der Waals surface area contributed by atoms with Gasteiger partial charge in [-0.25, -0.2) is 8.42 Å². The van der Waals surface area contributed by atoms with Gasteiger partial charge in [0.25, 0.3) is 0 Å². The molecule has 0 aliphatic carbocycles. The fraction of sp³-hybridized carbons (Fsp3) is 0.143. The highest BCUT2D eigenvalue weighted by Gasteiger charge is 2.09. The van der Waals surface area contributed by atoms with Crippen LogP contribution in [0, 0.1) is 0 Å². The Morgan fingerprint density at radius 2 is 1.74 bits per heavy atom. The standard InChI is InChI=1S/C14H14O4S/c1-18-14-9-11(6-7-13(14)15)10-4-3-5-12(8-10)19(2,16)17/h3-9,15H,1-2H3. The van der Waals surface area contributed by atoms with Crippen LogP contribution in [0.25, 0.3) is 11.1 Å². The molecule has 0 saturated carbocycles. The molecule has 100 valence electrons. The molecular weight excluding hydrogens is 264 g/mol. The van der Waals surface area contributed by atoms with Crippen LogP contribution in [0.1, 0.15) is 0 Å². The molecule has 4 nitrogen and oxygen atoms in total. The molecule has 2 aromatic rings. The van der Waals surface area contributed by atoms with E-state index in [1.165, 1.54) is 19.4 Å². The van der Waals surface area contributed by atoms with Crippen LogP contribution < -0.4 is 4.74 Å². The van der Waals surface area contributed by atoms with Crippen molar-refractivity contribution in [2.24, 2.45) is 0 Å². The van der Waals surface area contributed by atoms with Crippen molar-refractivity contribution >= 4 is 9.84 Å². The summed E-state index contributed by atoms with van der Waals surface area (Å²) in [7, 11) is -1.77. The Hall–Kier alpha value is -2.01. The summed E-state index contributed by atoms with van der Waals surface area (Å²) >= 11 is 0. The highest BCUT2D eigenvalue weighted by molar-refractivity contribution is 7.90. The summed E-state index contributed by atoms with van der Waals surface area (Å²) in [5, 5.41) is 9.54. The van der Waals surface area contributed by atoms with Crippen molar-refractivity contribution in [3.63, 3.8) is 0 Å². The number of hydrogen-bond donors (Lipinski definition) is 1. The van der Waals surface area contributed by atoms with Crippen LogP contribution in [-0.2, 0) is 9.84 Å². The molecule has 0 fully saturated rings. The summed E-state index contributed by atoms with van der Waals surface area (Å²) in [5.74, 6) is 0.396. The number of phenols is 1. The third-order valence-corrected chi connectivity index (χ3v) is 3.89. The smallest absolute Gasteiger partial charge is 0.175 e. The van der Waals surface area contributed by atoms with Crippen LogP contribution in [0.5, 0.6) is 11.5 Å². The number of rotatable bonds is 3. The largest absolute Gasteiger partial charge is 0.504 e. The monoisotopic (exact) mass is 278 g/mol. The van der Waals surface area contributed by atoms with Crippen molar-refractivity contribution < 1.29 is 18.3 Å². The lowest BCUT2D eigenvalue weighted by Crippen LogP contribution is -1.96. The highest BCUT2D eigenvalue weighted by Crippen LogP contribution is 2.32. The summed E-state index contributed by atoms with van der Waals surface area (Å²) in [5.41, 5.74) is 1.53. The minimum absolute atomic E-state index is 0.0468. The van der Waals surface area contributed by atoms with E-state index in [-0.39, 0.29) is 10.6 Å². The summed E-state index contributed by atoms with van der Waals surface area (Å²) in [6.07, 6.45) is 1.17. The predicted molar refractivity (Wildman–Crippen MR) is 73.2 cm³/mol. The van der Waals surface area contributed by atoms with Gasteiger partial charge in [-0.05, 0) is 35.4 Å². The zero-order chi connectivity index (χ0) is 14.0. The molecule has 0 aliphatic heterocycles. The fourth-order valence-electron chi connectivity index (χ4n) is 1.76. The first-order valence-electron chi connectivity index (χ1n) is 5.59. The van der Waals surface area contributed by atoms with Crippen LogP contribution in [0.3, 0.4) is 0 Å². The maximum absolute atomic E-state index is 11.5. The fourth-order valence-corrected chi connectivity index (χ4v) is 2.43. The van der Waals surface area contributed by atoms with Crippen LogP contribution in [0.2, 0.25) is 0 Å². The normalized spacial score (nSPS) is 11.3. The maximum atomic E-state index is 11.5. The zero-order valence-electron chi connectivity index (χ0n) is 10.6. The van der Waals surface area contributed by atoms with E-state index >= 15 is 0 Å². The number of phenolic OH excluding ortho intramolecular Hbond substituents is 1. The van der Waals surface area contributed by atoms with Gasteiger partial charge in [-0.15, -0.1) is 0 Å². The summed E-state index contributed by atoms with van der Waals surface area (Å²) in [4.78, 5) is 0.261. The molecule has 0 radical (unpaired) electrons. The molecule has 0 unspecified atom stereocenters. The summed E-state index contributed by atoms with van der Waals surface area (Å²) in [6, 6.07) is 11.5. The third-order valence-electron chi connectivity index (χ3n) is 2.78. The first kappa shape index (κ1) is 13.4. The Labute approximate surface area is 112 Å². The van der Waals surface area contributed by atoms with E-state index in [2.05, 4.69) is 0 Å². The SMILES string of the molecule is COc1cc(-c2cccc(S(C)(=O)=O)c2)ccc1O. The molecule has 1 N–H and O–H groups in total. The quantitative estimate of drug-likeness (QED) is 0.936. The van der Waals surface area contributed by atoms with Gasteiger partial charge in [-0.2, -0.15) is 0 Å². The minimum Gasteiger partial charge on any atom is -0.504 e. The van der Waals surface area contributed by atoms with Crippen molar-refractivity contribution in [3.05, 3.63) is 42.5 Å². The molecule has 0 aliphatic rings. The number of benzene rings is 2. The first-order chi connectivity index (χ1) is 8.91. The van der Waals surface area contributed by atoms with E-state index < -0.39 is 9.84 Å². The van der Waals surface area contributed by atoms with E-state index in [9.17, 15) is 13.5 Å². The van der Waals surface area contributed by atoms with Gasteiger partial charge in [0.05, 0.1) is 12.0 Å². The predicted octanol–water partition coefficient (Wildman–Crippen LogP) is 2.47. The van der Waals surface area contributed by atoms with Crippen molar-refractivity contribution in [1.82, 2.24) is 0 Å². The Kier molecular flexibility index (Phi) is 3.48. The van der Waals surface area contributed by atoms with Crippen LogP contribution >= 0.6 is 0 Å². The van der Waals surface area contributed by atoms with Gasteiger partial charge < -0.3 is 9.84 Å². The van der Waals surface area contributed by atoms with Gasteiger partial charge >= 0.3 is 0 Å². The second-order valence-electron chi connectivity index (χ2n) is 4.19. The highest BCUT2D eigenvalue weighted by atomic mass is 32.2. The lowest BCUT2D eigenvalue weighted by atomic mass is 10.1. The Bertz CT molecular complexity index is 705. The molecule has 2 aromatic carbocycles. The number of ether oxygens (including phenoxy) is 1. The molecule has 0 aromatic heterocycles. The molecule has 0 atom stereocenters. The van der Waals surface area contributed by atoms with Gasteiger partial charge in [-0.3, -0.25) is 0 Å². The topological polar surface area (TPSA) is 63.6 Å². The molecule has 0 saturated heterocycles. The second-order valence-corrected chi connectivity index (χ2v) is 6.20. The minimum atomic E-state index is -3.24. The Balaban J connectivity index is 2.54. The van der Waals surface area contributed by atoms with Crippen molar-refractivity contribution in [1.29, 1.82) is 0 Å². The lowest BCUT2D eigenvalue weighted by Gasteiger charge is -2.08. The van der Waals surface area contributed by atoms with Crippen molar-refractivity contribution in [2.75, 3.05) is 13.4 Å². The van der Waals surface area contributed by atoms with Gasteiger partial charge in [0, 0.05) is 6.26 Å². The molecular formula is C14H14O4S. The van der Waals surface area contributed by atoms with Crippen LogP contribution in [0.15, 0.2) is 47.4 Å². The Morgan fingerprint density at radius 3 is 2.37 bits per heavy atom. The van der Waals surface area contributed by atoms with Gasteiger partial charge in [0.2, 0.25) is 0 Å². The van der Waals surface area contributed by atoms with Gasteiger partial charge in [0.1, 0.15) is 0 Å². The maximum Gasteiger partial charge on any atom is 0.175 e. The third kappa shape index (κ3) is 2.88. The number of sulfone groups is 1. The van der Waals surface area contributed by atoms with E-state index in [4.69, 9.17) is 4.74 Å². The Morgan fingerprint density at radius 1 is 1.05 bits per heavy atom. The van der Waals surface area contributed by atoms with Crippen molar-refractivity contribution in [2.45, 2.75) is 4.90 Å². The number of aromatic hydroxyl groups is 1. The van der Waals surface area contributed by atoms with Crippen LogP contribution in [-0.4, -0.2) is 26.9 Å². The number of methoxy groups -OCH3 is 1. The molecule has 2 rings (SSSR count). The molecule has 0 bridgehead atoms. The van der Waals surface area contributed by atoms with Crippen molar-refractivity contribution in [3.8, 4) is 22.6 Å². The molecule has 5 heteroatoms.